The van der Waals surface area contributed by atoms with Crippen molar-refractivity contribution in [3.8, 4) is 0 Å². The van der Waals surface area contributed by atoms with Crippen molar-refractivity contribution in [2.24, 2.45) is 5.92 Å². The Kier molecular flexibility index (Phi) is 8.41. The molecule has 0 spiro atoms. The quantitative estimate of drug-likeness (QED) is 0.435. The van der Waals surface area contributed by atoms with Crippen LogP contribution < -0.4 is 0 Å². The number of aliphatic carboxylic acids is 1. The van der Waals surface area contributed by atoms with E-state index < -0.39 is 5.97 Å². The van der Waals surface area contributed by atoms with Crippen molar-refractivity contribution < 1.29 is 24.0 Å². The van der Waals surface area contributed by atoms with Crippen LogP contribution in [0.5, 0.6) is 0 Å². The van der Waals surface area contributed by atoms with E-state index in [0.717, 1.165) is 24.8 Å². The van der Waals surface area contributed by atoms with Gasteiger partial charge in [-0.15, -0.1) is 0 Å². The van der Waals surface area contributed by atoms with E-state index in [0.29, 0.717) is 55.4 Å². The van der Waals surface area contributed by atoms with Crippen LogP contribution in [0.25, 0.3) is 0 Å². The monoisotopic (exact) mass is 427 g/mol. The van der Waals surface area contributed by atoms with Gasteiger partial charge in [0.05, 0.1) is 24.3 Å². The number of carbonyl (C=O) groups excluding carboxylic acids is 1. The number of nitrogens with zero attached hydrogens (tertiary/aromatic N) is 1. The van der Waals surface area contributed by atoms with Crippen LogP contribution in [0.3, 0.4) is 0 Å². The Hall–Kier alpha value is -2.47. The van der Waals surface area contributed by atoms with Crippen LogP contribution in [-0.2, 0) is 16.1 Å². The van der Waals surface area contributed by atoms with Crippen LogP contribution >= 0.6 is 0 Å². The van der Waals surface area contributed by atoms with Gasteiger partial charge in [0.25, 0.3) is 0 Å². The summed E-state index contributed by atoms with van der Waals surface area (Å²) in [5.41, 5.74) is 2.18. The fourth-order valence-electron chi connectivity index (χ4n) is 4.27. The fourth-order valence-corrected chi connectivity index (χ4v) is 4.27. The third kappa shape index (κ3) is 6.50. The van der Waals surface area contributed by atoms with Gasteiger partial charge in [-0.1, -0.05) is 55.8 Å². The molecule has 6 nitrogen and oxygen atoms in total. The van der Waals surface area contributed by atoms with Gasteiger partial charge in [-0.25, -0.2) is 0 Å². The lowest BCUT2D eigenvalue weighted by atomic mass is 9.80. The zero-order valence-corrected chi connectivity index (χ0v) is 18.5. The van der Waals surface area contributed by atoms with Crippen molar-refractivity contribution in [3.05, 3.63) is 52.9 Å². The molecule has 1 aliphatic carbocycles. The second kappa shape index (κ2) is 11.2. The molecule has 1 N–H and O–H groups in total. The number of aromatic nitrogens is 1. The van der Waals surface area contributed by atoms with E-state index in [4.69, 9.17) is 9.26 Å². The molecule has 168 valence electrons. The molecule has 1 aliphatic rings. The standard InChI is InChI=1S/C25H33NO5/c1-17(2)10-11-19-12-13-21(27)23-24(26-31-25(19)23)20(15-22(28)29)9-6-14-30-16-18-7-4-3-5-8-18/h3-5,7-8,17,19-20H,6,9-16H2,1-2H3,(H,28,29)/t19?,20-/m0/s1. The molecule has 0 amide bonds. The number of rotatable bonds is 12. The Bertz CT molecular complexity index is 858. The summed E-state index contributed by atoms with van der Waals surface area (Å²) < 4.78 is 11.4. The molecule has 0 fully saturated rings. The first-order valence-corrected chi connectivity index (χ1v) is 11.3. The maximum Gasteiger partial charge on any atom is 0.304 e. The summed E-state index contributed by atoms with van der Waals surface area (Å²) in [5, 5.41) is 13.7. The van der Waals surface area contributed by atoms with Gasteiger partial charge >= 0.3 is 5.97 Å². The summed E-state index contributed by atoms with van der Waals surface area (Å²) in [6.07, 6.45) is 4.49. The van der Waals surface area contributed by atoms with Gasteiger partial charge in [0.2, 0.25) is 0 Å². The van der Waals surface area contributed by atoms with Crippen molar-refractivity contribution in [2.75, 3.05) is 6.61 Å². The Morgan fingerprint density at radius 1 is 1.26 bits per heavy atom. The van der Waals surface area contributed by atoms with Crippen LogP contribution in [0.15, 0.2) is 34.9 Å². The van der Waals surface area contributed by atoms with Crippen molar-refractivity contribution in [1.29, 1.82) is 0 Å². The highest BCUT2D eigenvalue weighted by Crippen LogP contribution is 2.40. The van der Waals surface area contributed by atoms with Crippen molar-refractivity contribution in [3.63, 3.8) is 0 Å². The van der Waals surface area contributed by atoms with E-state index in [1.807, 2.05) is 30.3 Å². The Morgan fingerprint density at radius 3 is 2.74 bits per heavy atom. The van der Waals surface area contributed by atoms with E-state index in [2.05, 4.69) is 19.0 Å². The largest absolute Gasteiger partial charge is 0.481 e. The summed E-state index contributed by atoms with van der Waals surface area (Å²) >= 11 is 0. The second-order valence-corrected chi connectivity index (χ2v) is 8.91. The predicted molar refractivity (Wildman–Crippen MR) is 117 cm³/mol. The molecule has 1 aromatic heterocycles. The number of carboxylic acids is 1. The molecule has 1 unspecified atom stereocenters. The molecule has 0 saturated carbocycles. The summed E-state index contributed by atoms with van der Waals surface area (Å²) in [4.78, 5) is 24.2. The lowest BCUT2D eigenvalue weighted by Crippen LogP contribution is -2.18. The minimum Gasteiger partial charge on any atom is -0.481 e. The number of ketones is 1. The summed E-state index contributed by atoms with van der Waals surface area (Å²) in [7, 11) is 0. The molecular weight excluding hydrogens is 394 g/mol. The number of fused-ring (bicyclic) bond motifs is 1. The van der Waals surface area contributed by atoms with E-state index in [9.17, 15) is 14.7 Å². The number of hydrogen-bond acceptors (Lipinski definition) is 5. The molecular formula is C25H33NO5. The van der Waals surface area contributed by atoms with Gasteiger partial charge in [-0.3, -0.25) is 9.59 Å². The zero-order valence-electron chi connectivity index (χ0n) is 18.5. The third-order valence-electron chi connectivity index (χ3n) is 5.97. The Labute approximate surface area is 184 Å². The first-order valence-electron chi connectivity index (χ1n) is 11.3. The highest BCUT2D eigenvalue weighted by Gasteiger charge is 2.35. The first-order chi connectivity index (χ1) is 15.0. The molecule has 1 heterocycles. The lowest BCUT2D eigenvalue weighted by molar-refractivity contribution is -0.137. The molecule has 6 heteroatoms. The van der Waals surface area contributed by atoms with Gasteiger partial charge in [-0.2, -0.15) is 0 Å². The second-order valence-electron chi connectivity index (χ2n) is 8.91. The summed E-state index contributed by atoms with van der Waals surface area (Å²) in [6.45, 7) is 5.42. The number of Topliss-reactive ketones (excluding diaryl/α,β-unsaturated/α-hetero) is 1. The smallest absolute Gasteiger partial charge is 0.304 e. The number of ether oxygens (including phenoxy) is 1. The minimum absolute atomic E-state index is 0.0303. The molecule has 2 aromatic rings. The van der Waals surface area contributed by atoms with E-state index >= 15 is 0 Å². The highest BCUT2D eigenvalue weighted by atomic mass is 16.5. The first kappa shape index (κ1) is 23.2. The fraction of sp³-hybridized carbons (Fsp3) is 0.560. The molecule has 0 bridgehead atoms. The number of benzene rings is 1. The van der Waals surface area contributed by atoms with Crippen LogP contribution in [0.1, 0.15) is 98.0 Å². The third-order valence-corrected chi connectivity index (χ3v) is 5.97. The van der Waals surface area contributed by atoms with Gasteiger partial charge in [0.15, 0.2) is 11.5 Å². The summed E-state index contributed by atoms with van der Waals surface area (Å²) in [6, 6.07) is 9.93. The van der Waals surface area contributed by atoms with Crippen molar-refractivity contribution in [2.45, 2.75) is 77.2 Å². The number of hydrogen-bond donors (Lipinski definition) is 1. The number of carbonyl (C=O) groups is 2. The average molecular weight is 428 g/mol. The average Bonchev–Trinajstić information content (AvgIpc) is 3.19. The predicted octanol–water partition coefficient (Wildman–Crippen LogP) is 5.73. The Morgan fingerprint density at radius 2 is 2.03 bits per heavy atom. The molecule has 0 radical (unpaired) electrons. The van der Waals surface area contributed by atoms with Crippen LogP contribution in [0.4, 0.5) is 0 Å². The topological polar surface area (TPSA) is 89.6 Å². The molecule has 1 aromatic carbocycles. The van der Waals surface area contributed by atoms with Crippen LogP contribution in [0, 0.1) is 5.92 Å². The minimum atomic E-state index is -0.897. The maximum absolute atomic E-state index is 12.7. The highest BCUT2D eigenvalue weighted by molar-refractivity contribution is 5.99. The lowest BCUT2D eigenvalue weighted by Gasteiger charge is -2.21. The Balaban J connectivity index is 1.65. The van der Waals surface area contributed by atoms with Gasteiger partial charge in [-0.05, 0) is 37.2 Å². The maximum atomic E-state index is 12.7. The van der Waals surface area contributed by atoms with E-state index in [1.54, 1.807) is 0 Å². The molecule has 2 atom stereocenters. The van der Waals surface area contributed by atoms with Crippen LogP contribution in [-0.4, -0.2) is 28.6 Å². The van der Waals surface area contributed by atoms with Gasteiger partial charge < -0.3 is 14.4 Å². The van der Waals surface area contributed by atoms with Crippen LogP contribution in [0.2, 0.25) is 0 Å². The SMILES string of the molecule is CC(C)CCC1CCC(=O)c2c([C@@H](CCCOCc3ccccc3)CC(=O)O)noc21. The van der Waals surface area contributed by atoms with Crippen molar-refractivity contribution >= 4 is 11.8 Å². The number of carboxylic acid groups (broad SMARTS) is 1. The molecule has 0 aliphatic heterocycles. The van der Waals surface area contributed by atoms with E-state index in [-0.39, 0.29) is 24.0 Å². The molecule has 0 saturated heterocycles. The van der Waals surface area contributed by atoms with E-state index in [1.165, 1.54) is 0 Å². The molecule has 3 rings (SSSR count). The van der Waals surface area contributed by atoms with Crippen molar-refractivity contribution in [1.82, 2.24) is 5.16 Å². The van der Waals surface area contributed by atoms with Gasteiger partial charge in [0, 0.05) is 24.9 Å². The van der Waals surface area contributed by atoms with Gasteiger partial charge in [0.1, 0.15) is 0 Å². The zero-order chi connectivity index (χ0) is 22.2. The normalized spacial score (nSPS) is 17.0. The summed E-state index contributed by atoms with van der Waals surface area (Å²) in [5.74, 6) is 0.227. The molecule has 31 heavy (non-hydrogen) atoms.